The number of hydrogen-bond acceptors (Lipinski definition) is 4. The molecule has 0 aromatic heterocycles. The van der Waals surface area contributed by atoms with E-state index in [0.29, 0.717) is 25.3 Å². The van der Waals surface area contributed by atoms with Gasteiger partial charge in [0.1, 0.15) is 29.3 Å². The fraction of sp³-hybridized carbons (Fsp3) is 0.269. The third-order valence-corrected chi connectivity index (χ3v) is 5.96. The summed E-state index contributed by atoms with van der Waals surface area (Å²) >= 11 is 0. The second-order valence-corrected chi connectivity index (χ2v) is 8.53. The van der Waals surface area contributed by atoms with Crippen LogP contribution in [0, 0.1) is 5.82 Å². The number of nitrogens with one attached hydrogen (secondary N) is 1. The van der Waals surface area contributed by atoms with Crippen LogP contribution in [0.4, 0.5) is 28.9 Å². The molecule has 3 aromatic rings. The van der Waals surface area contributed by atoms with Gasteiger partial charge in [-0.2, -0.15) is 0 Å². The fourth-order valence-electron chi connectivity index (χ4n) is 4.27. The average molecular weight is 485 g/mol. The first-order valence-electron chi connectivity index (χ1n) is 11.3. The number of hydrogen-bond donors (Lipinski definition) is 1. The maximum atomic E-state index is 13.1. The summed E-state index contributed by atoms with van der Waals surface area (Å²) in [5.41, 5.74) is 4.22. The lowest BCUT2D eigenvalue weighted by molar-refractivity contribution is -0.274. The normalized spacial score (nSPS) is 18.5. The van der Waals surface area contributed by atoms with E-state index in [0.717, 1.165) is 41.3 Å². The van der Waals surface area contributed by atoms with Gasteiger partial charge < -0.3 is 19.7 Å². The van der Waals surface area contributed by atoms with E-state index in [1.165, 1.54) is 36.4 Å². The van der Waals surface area contributed by atoms with E-state index in [2.05, 4.69) is 32.1 Å². The van der Waals surface area contributed by atoms with Gasteiger partial charge in [0.25, 0.3) is 0 Å². The Kier molecular flexibility index (Phi) is 6.23. The van der Waals surface area contributed by atoms with Crippen LogP contribution in [0.3, 0.4) is 0 Å². The summed E-state index contributed by atoms with van der Waals surface area (Å²) in [4.78, 5) is 6.86. The number of alkyl halides is 3. The highest BCUT2D eigenvalue weighted by molar-refractivity contribution is 6.03. The van der Waals surface area contributed by atoms with Crippen molar-refractivity contribution < 1.29 is 27.0 Å². The standard InChI is InChI=1S/C26H23F4N3O2/c27-19-3-1-17(2-4-19)15-31-25-14-18-13-20(5-10-24(18)32-25)33-12-11-23(16-33)34-21-6-8-22(9-7-21)35-26(28,29)30/h1-10,13,23H,11-12,14-16H2,(H,31,32). The first-order valence-corrected chi connectivity index (χ1v) is 11.3. The lowest BCUT2D eigenvalue weighted by Gasteiger charge is -2.20. The summed E-state index contributed by atoms with van der Waals surface area (Å²) in [5, 5.41) is 3.35. The van der Waals surface area contributed by atoms with Gasteiger partial charge >= 0.3 is 6.36 Å². The van der Waals surface area contributed by atoms with E-state index in [-0.39, 0.29) is 17.7 Å². The summed E-state index contributed by atoms with van der Waals surface area (Å²) in [7, 11) is 0. The maximum absolute atomic E-state index is 13.1. The summed E-state index contributed by atoms with van der Waals surface area (Å²) < 4.78 is 59.9. The molecule has 2 aliphatic rings. The van der Waals surface area contributed by atoms with Gasteiger partial charge in [0, 0.05) is 30.8 Å². The van der Waals surface area contributed by atoms with Crippen LogP contribution in [0.25, 0.3) is 0 Å². The Hall–Kier alpha value is -3.75. The van der Waals surface area contributed by atoms with Crippen LogP contribution in [0.5, 0.6) is 11.5 Å². The highest BCUT2D eigenvalue weighted by Gasteiger charge is 2.31. The van der Waals surface area contributed by atoms with Crippen LogP contribution in [-0.2, 0) is 13.0 Å². The number of anilines is 2. The molecule has 9 heteroatoms. The number of halogens is 4. The van der Waals surface area contributed by atoms with Gasteiger partial charge in [-0.3, -0.25) is 4.99 Å². The number of ether oxygens (including phenoxy) is 2. The van der Waals surface area contributed by atoms with E-state index in [4.69, 9.17) is 4.74 Å². The summed E-state index contributed by atoms with van der Waals surface area (Å²) in [6, 6.07) is 18.0. The van der Waals surface area contributed by atoms with E-state index in [1.54, 1.807) is 12.1 Å². The summed E-state index contributed by atoms with van der Waals surface area (Å²) in [6.07, 6.45) is -3.27. The van der Waals surface area contributed by atoms with Gasteiger partial charge in [-0.05, 0) is 65.7 Å². The molecule has 0 spiro atoms. The van der Waals surface area contributed by atoms with E-state index in [9.17, 15) is 17.6 Å². The summed E-state index contributed by atoms with van der Waals surface area (Å²) in [5.74, 6) is 0.849. The van der Waals surface area contributed by atoms with Crippen molar-refractivity contribution >= 4 is 17.2 Å². The van der Waals surface area contributed by atoms with E-state index in [1.807, 2.05) is 6.07 Å². The molecule has 3 aromatic carbocycles. The molecule has 0 bridgehead atoms. The minimum atomic E-state index is -4.71. The van der Waals surface area contributed by atoms with Crippen LogP contribution in [0.1, 0.15) is 17.5 Å². The largest absolute Gasteiger partial charge is 0.573 e. The average Bonchev–Trinajstić information content (AvgIpc) is 3.45. The molecule has 2 heterocycles. The predicted molar refractivity (Wildman–Crippen MR) is 126 cm³/mol. The Morgan fingerprint density at radius 2 is 1.71 bits per heavy atom. The molecule has 2 aliphatic heterocycles. The van der Waals surface area contributed by atoms with Crippen LogP contribution >= 0.6 is 0 Å². The molecule has 182 valence electrons. The zero-order valence-electron chi connectivity index (χ0n) is 18.7. The molecule has 5 rings (SSSR count). The Morgan fingerprint density at radius 3 is 2.46 bits per heavy atom. The molecular formula is C26H23F4N3O2. The quantitative estimate of drug-likeness (QED) is 0.439. The van der Waals surface area contributed by atoms with Crippen LogP contribution in [0.2, 0.25) is 0 Å². The SMILES string of the molecule is Fc1ccc(CN=C2Cc3cc(N4CCC(Oc5ccc(OC(F)(F)F)cc5)C4)ccc3N2)cc1. The Morgan fingerprint density at radius 1 is 0.971 bits per heavy atom. The molecule has 1 N–H and O–H groups in total. The monoisotopic (exact) mass is 485 g/mol. The lowest BCUT2D eigenvalue weighted by atomic mass is 10.1. The van der Waals surface area contributed by atoms with Crippen molar-refractivity contribution in [3.63, 3.8) is 0 Å². The molecular weight excluding hydrogens is 462 g/mol. The molecule has 1 unspecified atom stereocenters. The molecule has 35 heavy (non-hydrogen) atoms. The number of amidine groups is 1. The molecule has 0 aliphatic carbocycles. The molecule has 1 fully saturated rings. The van der Waals surface area contributed by atoms with Gasteiger partial charge in [-0.15, -0.1) is 13.2 Å². The molecule has 0 saturated carbocycles. The van der Waals surface area contributed by atoms with Crippen molar-refractivity contribution in [2.75, 3.05) is 23.3 Å². The van der Waals surface area contributed by atoms with Crippen molar-refractivity contribution in [1.82, 2.24) is 0 Å². The molecule has 1 atom stereocenters. The zero-order valence-corrected chi connectivity index (χ0v) is 18.7. The van der Waals surface area contributed by atoms with Crippen LogP contribution in [-0.4, -0.2) is 31.4 Å². The number of fused-ring (bicyclic) bond motifs is 1. The second-order valence-electron chi connectivity index (χ2n) is 8.53. The highest BCUT2D eigenvalue weighted by Crippen LogP contribution is 2.31. The summed E-state index contributed by atoms with van der Waals surface area (Å²) in [6.45, 7) is 1.98. The maximum Gasteiger partial charge on any atom is 0.573 e. The minimum Gasteiger partial charge on any atom is -0.489 e. The van der Waals surface area contributed by atoms with E-state index < -0.39 is 6.36 Å². The Labute approximate surface area is 200 Å². The smallest absolute Gasteiger partial charge is 0.489 e. The third kappa shape index (κ3) is 5.85. The van der Waals surface area contributed by atoms with Crippen molar-refractivity contribution in [3.8, 4) is 11.5 Å². The second kappa shape index (κ2) is 9.48. The first-order chi connectivity index (χ1) is 16.8. The molecule has 5 nitrogen and oxygen atoms in total. The molecule has 1 saturated heterocycles. The molecule has 0 radical (unpaired) electrons. The van der Waals surface area contributed by atoms with Crippen molar-refractivity contribution in [2.24, 2.45) is 4.99 Å². The fourth-order valence-corrected chi connectivity index (χ4v) is 4.27. The minimum absolute atomic E-state index is 0.0661. The van der Waals surface area contributed by atoms with Crippen molar-refractivity contribution in [1.29, 1.82) is 0 Å². The third-order valence-electron chi connectivity index (χ3n) is 5.96. The van der Waals surface area contributed by atoms with Gasteiger partial charge in [0.05, 0.1) is 13.1 Å². The highest BCUT2D eigenvalue weighted by atomic mass is 19.4. The number of benzene rings is 3. The van der Waals surface area contributed by atoms with Crippen molar-refractivity contribution in [3.05, 3.63) is 83.7 Å². The van der Waals surface area contributed by atoms with Crippen molar-refractivity contribution in [2.45, 2.75) is 31.9 Å². The zero-order chi connectivity index (χ0) is 24.4. The lowest BCUT2D eigenvalue weighted by Crippen LogP contribution is -2.24. The van der Waals surface area contributed by atoms with Gasteiger partial charge in [0.15, 0.2) is 0 Å². The first kappa shape index (κ1) is 23.0. The number of rotatable bonds is 6. The van der Waals surface area contributed by atoms with E-state index >= 15 is 0 Å². The van der Waals surface area contributed by atoms with Crippen LogP contribution in [0.15, 0.2) is 71.7 Å². The van der Waals surface area contributed by atoms with Gasteiger partial charge in [0.2, 0.25) is 0 Å². The van der Waals surface area contributed by atoms with Crippen LogP contribution < -0.4 is 19.7 Å². The molecule has 0 amide bonds. The van der Waals surface area contributed by atoms with Gasteiger partial charge in [-0.25, -0.2) is 4.39 Å². The Balaban J connectivity index is 1.16. The number of nitrogens with zero attached hydrogens (tertiary/aromatic N) is 2. The predicted octanol–water partition coefficient (Wildman–Crippen LogP) is 5.95. The van der Waals surface area contributed by atoms with Gasteiger partial charge in [-0.1, -0.05) is 12.1 Å². The Bertz CT molecular complexity index is 1210. The number of aliphatic imine (C=N–C) groups is 1. The topological polar surface area (TPSA) is 46.1 Å².